The summed E-state index contributed by atoms with van der Waals surface area (Å²) in [6, 6.07) is 13.7. The lowest BCUT2D eigenvalue weighted by molar-refractivity contribution is 0.102. The summed E-state index contributed by atoms with van der Waals surface area (Å²) in [5, 5.41) is 2.95. The Hall–Kier alpha value is -2.09. The average molecular weight is 267 g/mol. The molecule has 0 radical (unpaired) electrons. The summed E-state index contributed by atoms with van der Waals surface area (Å²) in [4.78, 5) is 12.1. The lowest BCUT2D eigenvalue weighted by Gasteiger charge is -2.12. The molecule has 0 heterocycles. The number of hydrogen-bond donors (Lipinski definition) is 1. The van der Waals surface area contributed by atoms with Gasteiger partial charge in [0, 0.05) is 11.3 Å². The molecule has 1 N–H and O–H groups in total. The molecule has 104 valence electrons. The predicted octanol–water partition coefficient (Wildman–Crippen LogP) is 4.68. The van der Waals surface area contributed by atoms with Crippen molar-refractivity contribution < 1.29 is 4.79 Å². The minimum atomic E-state index is -0.0679. The molecule has 2 heteroatoms. The first-order chi connectivity index (χ1) is 9.47. The fraction of sp³-hybridized carbons (Fsp3) is 0.278. The quantitative estimate of drug-likeness (QED) is 0.859. The summed E-state index contributed by atoms with van der Waals surface area (Å²) in [5.74, 6) is 0.429. The van der Waals surface area contributed by atoms with Crippen LogP contribution in [0, 0.1) is 13.8 Å². The molecule has 20 heavy (non-hydrogen) atoms. The Morgan fingerprint density at radius 3 is 2.20 bits per heavy atom. The van der Waals surface area contributed by atoms with Gasteiger partial charge in [0.05, 0.1) is 0 Å². The van der Waals surface area contributed by atoms with Gasteiger partial charge in [-0.15, -0.1) is 0 Å². The Labute approximate surface area is 120 Å². The Morgan fingerprint density at radius 1 is 1.00 bits per heavy atom. The van der Waals surface area contributed by atoms with Crippen LogP contribution in [0.5, 0.6) is 0 Å². The van der Waals surface area contributed by atoms with Crippen LogP contribution < -0.4 is 5.32 Å². The number of hydrogen-bond acceptors (Lipinski definition) is 1. The van der Waals surface area contributed by atoms with Crippen molar-refractivity contribution in [3.63, 3.8) is 0 Å². The maximum atomic E-state index is 12.1. The van der Waals surface area contributed by atoms with Crippen LogP contribution in [-0.4, -0.2) is 5.91 Å². The summed E-state index contributed by atoms with van der Waals surface area (Å²) in [5.41, 5.74) is 5.21. The van der Waals surface area contributed by atoms with E-state index in [2.05, 4.69) is 32.2 Å². The Bertz CT molecular complexity index is 612. The molecule has 0 atom stereocenters. The van der Waals surface area contributed by atoms with Gasteiger partial charge in [-0.05, 0) is 55.2 Å². The highest BCUT2D eigenvalue weighted by atomic mass is 16.1. The summed E-state index contributed by atoms with van der Waals surface area (Å²) < 4.78 is 0. The first kappa shape index (κ1) is 14.3. The van der Waals surface area contributed by atoms with Crippen molar-refractivity contribution in [2.75, 3.05) is 5.32 Å². The molecule has 0 unspecified atom stereocenters. The fourth-order valence-electron chi connectivity index (χ4n) is 2.31. The number of anilines is 1. The van der Waals surface area contributed by atoms with Gasteiger partial charge in [0.15, 0.2) is 0 Å². The van der Waals surface area contributed by atoms with Crippen molar-refractivity contribution in [2.45, 2.75) is 33.6 Å². The second kappa shape index (κ2) is 5.91. The van der Waals surface area contributed by atoms with Crippen LogP contribution in [-0.2, 0) is 0 Å². The third kappa shape index (κ3) is 3.27. The molecule has 2 aromatic carbocycles. The van der Waals surface area contributed by atoms with Crippen molar-refractivity contribution in [3.8, 4) is 0 Å². The molecule has 0 aliphatic heterocycles. The lowest BCUT2D eigenvalue weighted by Crippen LogP contribution is -2.12. The largest absolute Gasteiger partial charge is 0.322 e. The minimum absolute atomic E-state index is 0.0679. The van der Waals surface area contributed by atoms with E-state index in [9.17, 15) is 4.79 Å². The number of carbonyl (C=O) groups is 1. The maximum absolute atomic E-state index is 12.1. The number of amides is 1. The SMILES string of the molecule is Cc1ccc(C(=O)Nc2ccc(C(C)C)c(C)c2)cc1. The molecule has 2 nitrogen and oxygen atoms in total. The Kier molecular flexibility index (Phi) is 4.23. The van der Waals surface area contributed by atoms with Crippen molar-refractivity contribution >= 4 is 11.6 Å². The van der Waals surface area contributed by atoms with Crippen LogP contribution in [0.2, 0.25) is 0 Å². The normalized spacial score (nSPS) is 10.7. The number of benzene rings is 2. The van der Waals surface area contributed by atoms with Crippen molar-refractivity contribution in [1.82, 2.24) is 0 Å². The number of nitrogens with one attached hydrogen (secondary N) is 1. The maximum Gasteiger partial charge on any atom is 0.255 e. The molecule has 0 saturated heterocycles. The van der Waals surface area contributed by atoms with E-state index in [0.29, 0.717) is 11.5 Å². The zero-order chi connectivity index (χ0) is 14.7. The van der Waals surface area contributed by atoms with Crippen LogP contribution in [0.3, 0.4) is 0 Å². The van der Waals surface area contributed by atoms with E-state index >= 15 is 0 Å². The van der Waals surface area contributed by atoms with Gasteiger partial charge >= 0.3 is 0 Å². The minimum Gasteiger partial charge on any atom is -0.322 e. The van der Waals surface area contributed by atoms with E-state index in [1.807, 2.05) is 43.3 Å². The molecule has 0 saturated carbocycles. The van der Waals surface area contributed by atoms with Gasteiger partial charge < -0.3 is 5.32 Å². The fourth-order valence-corrected chi connectivity index (χ4v) is 2.31. The van der Waals surface area contributed by atoms with Gasteiger partial charge in [-0.25, -0.2) is 0 Å². The second-order valence-electron chi connectivity index (χ2n) is 5.55. The molecule has 1 amide bonds. The predicted molar refractivity (Wildman–Crippen MR) is 84.4 cm³/mol. The molecule has 2 aromatic rings. The summed E-state index contributed by atoms with van der Waals surface area (Å²) in [6.07, 6.45) is 0. The zero-order valence-corrected chi connectivity index (χ0v) is 12.5. The zero-order valence-electron chi connectivity index (χ0n) is 12.5. The smallest absolute Gasteiger partial charge is 0.255 e. The molecule has 0 spiro atoms. The second-order valence-corrected chi connectivity index (χ2v) is 5.55. The van der Waals surface area contributed by atoms with E-state index in [4.69, 9.17) is 0 Å². The van der Waals surface area contributed by atoms with Crippen molar-refractivity contribution in [1.29, 1.82) is 0 Å². The molecule has 2 rings (SSSR count). The molecule has 0 aromatic heterocycles. The van der Waals surface area contributed by atoms with Crippen LogP contribution in [0.1, 0.15) is 46.8 Å². The van der Waals surface area contributed by atoms with Crippen LogP contribution >= 0.6 is 0 Å². The summed E-state index contributed by atoms with van der Waals surface area (Å²) >= 11 is 0. The van der Waals surface area contributed by atoms with Gasteiger partial charge in [-0.1, -0.05) is 37.6 Å². The Morgan fingerprint density at radius 2 is 1.65 bits per heavy atom. The number of carbonyl (C=O) groups excluding carboxylic acids is 1. The standard InChI is InChI=1S/C18H21NO/c1-12(2)17-10-9-16(11-14(17)4)19-18(20)15-7-5-13(3)6-8-15/h5-12H,1-4H3,(H,19,20). The monoisotopic (exact) mass is 267 g/mol. The van der Waals surface area contributed by atoms with E-state index in [1.54, 1.807) is 0 Å². The highest BCUT2D eigenvalue weighted by Crippen LogP contribution is 2.22. The van der Waals surface area contributed by atoms with Crippen molar-refractivity contribution in [2.24, 2.45) is 0 Å². The van der Waals surface area contributed by atoms with Crippen LogP contribution in [0.4, 0.5) is 5.69 Å². The van der Waals surface area contributed by atoms with Gasteiger partial charge in [0.1, 0.15) is 0 Å². The van der Waals surface area contributed by atoms with Crippen LogP contribution in [0.15, 0.2) is 42.5 Å². The van der Waals surface area contributed by atoms with Gasteiger partial charge in [-0.3, -0.25) is 4.79 Å². The van der Waals surface area contributed by atoms with Crippen LogP contribution in [0.25, 0.3) is 0 Å². The lowest BCUT2D eigenvalue weighted by atomic mass is 9.97. The topological polar surface area (TPSA) is 29.1 Å². The van der Waals surface area contributed by atoms with Gasteiger partial charge in [-0.2, -0.15) is 0 Å². The summed E-state index contributed by atoms with van der Waals surface area (Å²) in [7, 11) is 0. The van der Waals surface area contributed by atoms with E-state index in [0.717, 1.165) is 11.3 Å². The highest BCUT2D eigenvalue weighted by Gasteiger charge is 2.08. The number of aryl methyl sites for hydroxylation is 2. The molecule has 0 aliphatic rings. The molecule has 0 aliphatic carbocycles. The van der Waals surface area contributed by atoms with E-state index < -0.39 is 0 Å². The highest BCUT2D eigenvalue weighted by molar-refractivity contribution is 6.04. The third-order valence-electron chi connectivity index (χ3n) is 3.46. The molecular weight excluding hydrogens is 246 g/mol. The third-order valence-corrected chi connectivity index (χ3v) is 3.46. The molecule has 0 fully saturated rings. The van der Waals surface area contributed by atoms with Crippen molar-refractivity contribution in [3.05, 3.63) is 64.7 Å². The molecule has 0 bridgehead atoms. The van der Waals surface area contributed by atoms with E-state index in [-0.39, 0.29) is 5.91 Å². The van der Waals surface area contributed by atoms with Gasteiger partial charge in [0.2, 0.25) is 0 Å². The first-order valence-corrected chi connectivity index (χ1v) is 6.96. The number of rotatable bonds is 3. The van der Waals surface area contributed by atoms with E-state index in [1.165, 1.54) is 11.1 Å². The molecular formula is C18H21NO. The Balaban J connectivity index is 2.16. The van der Waals surface area contributed by atoms with Gasteiger partial charge in [0.25, 0.3) is 5.91 Å². The first-order valence-electron chi connectivity index (χ1n) is 6.96. The average Bonchev–Trinajstić information content (AvgIpc) is 2.39. The summed E-state index contributed by atoms with van der Waals surface area (Å²) in [6.45, 7) is 8.44.